The molecule has 2 aromatic heterocycles. The first kappa shape index (κ1) is 14.8. The highest BCUT2D eigenvalue weighted by atomic mass is 79.9. The number of nitrogens with one attached hydrogen (secondary N) is 1. The number of fused-ring (bicyclic) bond motifs is 1. The van der Waals surface area contributed by atoms with Gasteiger partial charge in [0.05, 0.1) is 11.9 Å². The van der Waals surface area contributed by atoms with Gasteiger partial charge < -0.3 is 19.4 Å². The first-order chi connectivity index (χ1) is 10.5. The smallest absolute Gasteiger partial charge is 0.261 e. The van der Waals surface area contributed by atoms with Crippen LogP contribution in [0.25, 0.3) is 11.0 Å². The number of rotatable bonds is 3. The summed E-state index contributed by atoms with van der Waals surface area (Å²) in [6, 6.07) is 5.42. The topological polar surface area (TPSA) is 88.5 Å². The van der Waals surface area contributed by atoms with Crippen molar-refractivity contribution >= 4 is 38.5 Å². The molecule has 0 spiro atoms. The number of furan rings is 1. The highest BCUT2D eigenvalue weighted by Crippen LogP contribution is 2.36. The van der Waals surface area contributed by atoms with Crippen LogP contribution in [0.2, 0.25) is 0 Å². The van der Waals surface area contributed by atoms with Crippen molar-refractivity contribution in [1.29, 1.82) is 0 Å². The summed E-state index contributed by atoms with van der Waals surface area (Å²) < 4.78 is 11.4. The van der Waals surface area contributed by atoms with E-state index in [-0.39, 0.29) is 5.91 Å². The van der Waals surface area contributed by atoms with Gasteiger partial charge in [0.2, 0.25) is 0 Å². The lowest BCUT2D eigenvalue weighted by atomic mass is 10.1. The lowest BCUT2D eigenvalue weighted by molar-refractivity contribution is 0.102. The van der Waals surface area contributed by atoms with E-state index in [1.54, 1.807) is 19.9 Å². The van der Waals surface area contributed by atoms with Gasteiger partial charge >= 0.3 is 0 Å². The zero-order valence-electron chi connectivity index (χ0n) is 11.9. The summed E-state index contributed by atoms with van der Waals surface area (Å²) in [6.45, 7) is 3.23. The van der Waals surface area contributed by atoms with Gasteiger partial charge in [-0.15, -0.1) is 0 Å². The van der Waals surface area contributed by atoms with E-state index in [1.165, 1.54) is 6.20 Å². The van der Waals surface area contributed by atoms with Gasteiger partial charge in [0.25, 0.3) is 5.91 Å². The fraction of sp³-hybridized carbons (Fsp3) is 0.200. The second-order valence-electron chi connectivity index (χ2n) is 4.91. The number of benzene rings is 1. The summed E-state index contributed by atoms with van der Waals surface area (Å²) >= 11 is 3.39. The van der Waals surface area contributed by atoms with E-state index in [2.05, 4.69) is 26.4 Å². The van der Waals surface area contributed by atoms with Crippen LogP contribution in [-0.4, -0.2) is 16.2 Å². The number of carbonyl (C=O) groups excluding carboxylic acids is 1. The molecule has 0 aliphatic rings. The fourth-order valence-corrected chi connectivity index (χ4v) is 2.57. The standard InChI is InChI=1S/C15H13BrN2O4/c1-7(19)14-13(10-5-9(16)3-4-12(10)21-14)18-15(20)11-6-17-22-8(11)2/h3-7,19H,1-2H3,(H,18,20). The molecular weight excluding hydrogens is 352 g/mol. The van der Waals surface area contributed by atoms with Gasteiger partial charge in [0.15, 0.2) is 5.76 Å². The molecule has 1 aromatic carbocycles. The molecule has 2 heterocycles. The van der Waals surface area contributed by atoms with Crippen LogP contribution >= 0.6 is 15.9 Å². The van der Waals surface area contributed by atoms with Gasteiger partial charge in [0.1, 0.15) is 23.0 Å². The second kappa shape index (κ2) is 5.58. The molecule has 114 valence electrons. The summed E-state index contributed by atoms with van der Waals surface area (Å²) in [6.07, 6.45) is 0.496. The predicted molar refractivity (Wildman–Crippen MR) is 83.7 cm³/mol. The molecule has 22 heavy (non-hydrogen) atoms. The van der Waals surface area contributed by atoms with Crippen molar-refractivity contribution in [2.24, 2.45) is 0 Å². The van der Waals surface area contributed by atoms with E-state index in [4.69, 9.17) is 8.94 Å². The molecule has 0 fully saturated rings. The summed E-state index contributed by atoms with van der Waals surface area (Å²) in [5.74, 6) is 0.351. The quantitative estimate of drug-likeness (QED) is 0.737. The molecule has 2 N–H and O–H groups in total. The van der Waals surface area contributed by atoms with Crippen LogP contribution < -0.4 is 5.32 Å². The predicted octanol–water partition coefficient (Wildman–Crippen LogP) is 3.80. The summed E-state index contributed by atoms with van der Waals surface area (Å²) in [4.78, 5) is 12.4. The Kier molecular flexibility index (Phi) is 3.76. The van der Waals surface area contributed by atoms with Gasteiger partial charge in [-0.05, 0) is 32.0 Å². The van der Waals surface area contributed by atoms with Crippen LogP contribution in [-0.2, 0) is 0 Å². The Bertz CT molecular complexity index is 850. The first-order valence-electron chi connectivity index (χ1n) is 6.60. The molecule has 3 aromatic rings. The number of aromatic nitrogens is 1. The number of carbonyl (C=O) groups is 1. The number of nitrogens with zero attached hydrogens (tertiary/aromatic N) is 1. The van der Waals surface area contributed by atoms with Crippen molar-refractivity contribution < 1.29 is 18.8 Å². The third-order valence-electron chi connectivity index (χ3n) is 3.29. The third kappa shape index (κ3) is 2.53. The zero-order valence-corrected chi connectivity index (χ0v) is 13.5. The average Bonchev–Trinajstić information content (AvgIpc) is 3.03. The van der Waals surface area contributed by atoms with Gasteiger partial charge in [-0.3, -0.25) is 4.79 Å². The van der Waals surface area contributed by atoms with Gasteiger partial charge in [-0.1, -0.05) is 21.1 Å². The van der Waals surface area contributed by atoms with E-state index in [0.717, 1.165) is 4.47 Å². The Morgan fingerprint density at radius 1 is 1.45 bits per heavy atom. The van der Waals surface area contributed by atoms with Crippen molar-refractivity contribution in [1.82, 2.24) is 5.16 Å². The molecule has 0 radical (unpaired) electrons. The molecule has 0 aliphatic carbocycles. The summed E-state index contributed by atoms with van der Waals surface area (Å²) in [7, 11) is 0. The number of halogens is 1. The SMILES string of the molecule is Cc1oncc1C(=O)Nc1c(C(C)O)oc2ccc(Br)cc12. The van der Waals surface area contributed by atoms with Crippen molar-refractivity contribution in [3.8, 4) is 0 Å². The van der Waals surface area contributed by atoms with Crippen LogP contribution in [0.4, 0.5) is 5.69 Å². The maximum absolute atomic E-state index is 12.4. The zero-order chi connectivity index (χ0) is 15.9. The molecule has 7 heteroatoms. The fourth-order valence-electron chi connectivity index (χ4n) is 2.21. The van der Waals surface area contributed by atoms with Crippen LogP contribution in [0.15, 0.2) is 37.8 Å². The van der Waals surface area contributed by atoms with Crippen LogP contribution in [0.5, 0.6) is 0 Å². The van der Waals surface area contributed by atoms with Crippen molar-refractivity contribution in [3.63, 3.8) is 0 Å². The van der Waals surface area contributed by atoms with E-state index in [0.29, 0.717) is 33.7 Å². The second-order valence-corrected chi connectivity index (χ2v) is 5.82. The monoisotopic (exact) mass is 364 g/mol. The summed E-state index contributed by atoms with van der Waals surface area (Å²) in [5, 5.41) is 16.9. The number of anilines is 1. The number of hydrogen-bond acceptors (Lipinski definition) is 5. The largest absolute Gasteiger partial charge is 0.456 e. The van der Waals surface area contributed by atoms with Crippen LogP contribution in [0, 0.1) is 6.92 Å². The maximum atomic E-state index is 12.4. The van der Waals surface area contributed by atoms with E-state index in [9.17, 15) is 9.90 Å². The molecule has 1 unspecified atom stereocenters. The Balaban J connectivity index is 2.08. The maximum Gasteiger partial charge on any atom is 0.261 e. The normalized spacial score (nSPS) is 12.5. The minimum atomic E-state index is -0.856. The van der Waals surface area contributed by atoms with Crippen molar-refractivity contribution in [2.45, 2.75) is 20.0 Å². The van der Waals surface area contributed by atoms with Gasteiger partial charge in [-0.2, -0.15) is 0 Å². The molecular formula is C15H13BrN2O4. The molecule has 0 bridgehead atoms. The minimum absolute atomic E-state index is 0.301. The molecule has 0 saturated carbocycles. The Morgan fingerprint density at radius 3 is 2.86 bits per heavy atom. The highest BCUT2D eigenvalue weighted by molar-refractivity contribution is 9.10. The Morgan fingerprint density at radius 2 is 2.23 bits per heavy atom. The molecule has 6 nitrogen and oxygen atoms in total. The minimum Gasteiger partial charge on any atom is -0.456 e. The highest BCUT2D eigenvalue weighted by Gasteiger charge is 2.22. The number of hydrogen-bond donors (Lipinski definition) is 2. The van der Waals surface area contributed by atoms with Gasteiger partial charge in [0, 0.05) is 9.86 Å². The van der Waals surface area contributed by atoms with E-state index >= 15 is 0 Å². The molecule has 1 amide bonds. The van der Waals surface area contributed by atoms with Crippen molar-refractivity contribution in [2.75, 3.05) is 5.32 Å². The molecule has 0 aliphatic heterocycles. The van der Waals surface area contributed by atoms with E-state index < -0.39 is 6.10 Å². The number of amides is 1. The average molecular weight is 365 g/mol. The lowest BCUT2D eigenvalue weighted by Gasteiger charge is -2.07. The molecule has 0 saturated heterocycles. The lowest BCUT2D eigenvalue weighted by Crippen LogP contribution is -2.13. The van der Waals surface area contributed by atoms with Crippen molar-refractivity contribution in [3.05, 3.63) is 46.0 Å². The number of aliphatic hydroxyl groups excluding tert-OH is 1. The number of aliphatic hydroxyl groups is 1. The Labute approximate surface area is 134 Å². The summed E-state index contributed by atoms with van der Waals surface area (Å²) in [5.41, 5.74) is 1.36. The first-order valence-corrected chi connectivity index (χ1v) is 7.39. The van der Waals surface area contributed by atoms with Gasteiger partial charge in [-0.25, -0.2) is 0 Å². The van der Waals surface area contributed by atoms with E-state index in [1.807, 2.05) is 12.1 Å². The molecule has 1 atom stereocenters. The number of aryl methyl sites for hydroxylation is 1. The third-order valence-corrected chi connectivity index (χ3v) is 3.78. The van der Waals surface area contributed by atoms with Crippen LogP contribution in [0.3, 0.4) is 0 Å². The Hall–Kier alpha value is -2.12. The van der Waals surface area contributed by atoms with Crippen LogP contribution in [0.1, 0.15) is 34.9 Å². The molecule has 3 rings (SSSR count).